The van der Waals surface area contributed by atoms with E-state index in [2.05, 4.69) is 10.3 Å². The van der Waals surface area contributed by atoms with Gasteiger partial charge in [-0.25, -0.2) is 4.98 Å². The summed E-state index contributed by atoms with van der Waals surface area (Å²) < 4.78 is 10.5. The molecule has 1 aromatic heterocycles. The largest absolute Gasteiger partial charge is 0.456 e. The van der Waals surface area contributed by atoms with Crippen LogP contribution < -0.4 is 5.32 Å². The van der Waals surface area contributed by atoms with Crippen molar-refractivity contribution in [2.75, 3.05) is 11.9 Å². The molecule has 0 radical (unpaired) electrons. The number of aromatic nitrogens is 1. The Morgan fingerprint density at radius 3 is 2.73 bits per heavy atom. The Labute approximate surface area is 149 Å². The van der Waals surface area contributed by atoms with Crippen LogP contribution in [0.15, 0.2) is 52.9 Å². The van der Waals surface area contributed by atoms with Gasteiger partial charge in [-0.2, -0.15) is 5.26 Å². The number of ether oxygens (including phenoxy) is 1. The fourth-order valence-corrected chi connectivity index (χ4v) is 2.33. The lowest BCUT2D eigenvalue weighted by atomic mass is 10.2. The fraction of sp³-hybridized carbons (Fsp3) is 0.158. The molecule has 0 saturated heterocycles. The van der Waals surface area contributed by atoms with Crippen LogP contribution >= 0.6 is 0 Å². The van der Waals surface area contributed by atoms with E-state index < -0.39 is 18.5 Å². The number of hydrogen-bond donors (Lipinski definition) is 1. The highest BCUT2D eigenvalue weighted by Crippen LogP contribution is 2.16. The molecule has 1 heterocycles. The molecule has 0 bridgehead atoms. The number of hydrogen-bond acceptors (Lipinski definition) is 6. The summed E-state index contributed by atoms with van der Waals surface area (Å²) in [7, 11) is 0. The maximum absolute atomic E-state index is 11.8. The summed E-state index contributed by atoms with van der Waals surface area (Å²) >= 11 is 0. The molecule has 3 aromatic rings. The third-order valence-electron chi connectivity index (χ3n) is 3.57. The van der Waals surface area contributed by atoms with Crippen LogP contribution in [-0.4, -0.2) is 23.5 Å². The van der Waals surface area contributed by atoms with Crippen LogP contribution in [0.2, 0.25) is 0 Å². The van der Waals surface area contributed by atoms with E-state index in [4.69, 9.17) is 14.4 Å². The average molecular weight is 349 g/mol. The number of nitrogens with zero attached hydrogens (tertiary/aromatic N) is 2. The molecule has 7 nitrogen and oxygen atoms in total. The van der Waals surface area contributed by atoms with Crippen LogP contribution in [0, 0.1) is 11.3 Å². The van der Waals surface area contributed by atoms with Crippen molar-refractivity contribution in [1.29, 1.82) is 5.26 Å². The molecule has 0 atom stereocenters. The van der Waals surface area contributed by atoms with Crippen molar-refractivity contribution < 1.29 is 18.7 Å². The van der Waals surface area contributed by atoms with Gasteiger partial charge in [0.15, 0.2) is 18.1 Å². The monoisotopic (exact) mass is 349 g/mol. The number of amides is 1. The summed E-state index contributed by atoms with van der Waals surface area (Å²) in [5.41, 5.74) is 2.10. The number of carbonyl (C=O) groups is 2. The Morgan fingerprint density at radius 2 is 1.92 bits per heavy atom. The van der Waals surface area contributed by atoms with Gasteiger partial charge in [0.2, 0.25) is 0 Å². The highest BCUT2D eigenvalue weighted by Gasteiger charge is 2.12. The number of benzene rings is 2. The molecule has 7 heteroatoms. The van der Waals surface area contributed by atoms with Gasteiger partial charge in [0.05, 0.1) is 17.7 Å². The van der Waals surface area contributed by atoms with Crippen molar-refractivity contribution in [2.45, 2.75) is 12.8 Å². The second-order valence-electron chi connectivity index (χ2n) is 5.44. The van der Waals surface area contributed by atoms with Gasteiger partial charge in [0.1, 0.15) is 11.6 Å². The molecule has 0 aliphatic heterocycles. The number of carbonyl (C=O) groups excluding carboxylic acids is 2. The first kappa shape index (κ1) is 17.2. The molecule has 0 saturated carbocycles. The Kier molecular flexibility index (Phi) is 5.25. The predicted octanol–water partition coefficient (Wildman–Crippen LogP) is 2.81. The smallest absolute Gasteiger partial charge is 0.306 e. The minimum atomic E-state index is -0.532. The van der Waals surface area contributed by atoms with E-state index in [1.165, 1.54) is 0 Å². The third kappa shape index (κ3) is 4.24. The maximum atomic E-state index is 11.8. The molecule has 0 aliphatic carbocycles. The van der Waals surface area contributed by atoms with E-state index in [1.54, 1.807) is 30.3 Å². The summed E-state index contributed by atoms with van der Waals surface area (Å²) in [5.74, 6) is -0.602. The van der Waals surface area contributed by atoms with Crippen LogP contribution in [-0.2, 0) is 20.7 Å². The first-order valence-corrected chi connectivity index (χ1v) is 7.95. The summed E-state index contributed by atoms with van der Waals surface area (Å²) in [5, 5.41) is 11.5. The first-order chi connectivity index (χ1) is 12.7. The Morgan fingerprint density at radius 1 is 1.15 bits per heavy atom. The number of aryl methyl sites for hydroxylation is 1. The SMILES string of the molecule is N#Cc1ccccc1NC(=O)COC(=O)CCc1nc2ccccc2o1. The van der Waals surface area contributed by atoms with Gasteiger partial charge in [0.25, 0.3) is 5.91 Å². The number of nitriles is 1. The number of rotatable bonds is 6. The maximum Gasteiger partial charge on any atom is 0.306 e. The zero-order chi connectivity index (χ0) is 18.4. The van der Waals surface area contributed by atoms with Gasteiger partial charge in [-0.05, 0) is 24.3 Å². The minimum Gasteiger partial charge on any atom is -0.456 e. The molecule has 130 valence electrons. The highest BCUT2D eigenvalue weighted by molar-refractivity contribution is 5.94. The van der Waals surface area contributed by atoms with E-state index in [-0.39, 0.29) is 12.8 Å². The molecule has 2 aromatic carbocycles. The van der Waals surface area contributed by atoms with E-state index in [9.17, 15) is 9.59 Å². The molecule has 1 N–H and O–H groups in total. The first-order valence-electron chi connectivity index (χ1n) is 7.95. The molecule has 3 rings (SSSR count). The number of nitrogens with one attached hydrogen (secondary N) is 1. The summed E-state index contributed by atoms with van der Waals surface area (Å²) in [6.45, 7) is -0.424. The van der Waals surface area contributed by atoms with Crippen LogP contribution in [0.25, 0.3) is 11.1 Å². The van der Waals surface area contributed by atoms with Crippen molar-refractivity contribution in [1.82, 2.24) is 4.98 Å². The van der Waals surface area contributed by atoms with E-state index in [0.29, 0.717) is 22.7 Å². The lowest BCUT2D eigenvalue weighted by molar-refractivity contribution is -0.147. The van der Waals surface area contributed by atoms with Gasteiger partial charge in [0, 0.05) is 6.42 Å². The van der Waals surface area contributed by atoms with Crippen molar-refractivity contribution in [3.8, 4) is 6.07 Å². The van der Waals surface area contributed by atoms with Gasteiger partial charge in [-0.15, -0.1) is 0 Å². The van der Waals surface area contributed by atoms with Crippen molar-refractivity contribution in [2.24, 2.45) is 0 Å². The summed E-state index contributed by atoms with van der Waals surface area (Å²) in [6.07, 6.45) is 0.335. The van der Waals surface area contributed by atoms with Gasteiger partial charge in [-0.1, -0.05) is 24.3 Å². The highest BCUT2D eigenvalue weighted by atomic mass is 16.5. The summed E-state index contributed by atoms with van der Waals surface area (Å²) in [4.78, 5) is 27.9. The van der Waals surface area contributed by atoms with E-state index >= 15 is 0 Å². The molecule has 0 unspecified atom stereocenters. The van der Waals surface area contributed by atoms with Crippen LogP contribution in [0.4, 0.5) is 5.69 Å². The van der Waals surface area contributed by atoms with Crippen molar-refractivity contribution >= 4 is 28.7 Å². The average Bonchev–Trinajstić information content (AvgIpc) is 3.08. The number of fused-ring (bicyclic) bond motifs is 1. The molecule has 26 heavy (non-hydrogen) atoms. The zero-order valence-corrected chi connectivity index (χ0v) is 13.8. The van der Waals surface area contributed by atoms with E-state index in [0.717, 1.165) is 5.52 Å². The molecule has 0 fully saturated rings. The lowest BCUT2D eigenvalue weighted by Gasteiger charge is -2.07. The fourth-order valence-electron chi connectivity index (χ4n) is 2.33. The molecular formula is C19H15N3O4. The molecule has 0 aliphatic rings. The summed E-state index contributed by atoms with van der Waals surface area (Å²) in [6, 6.07) is 15.9. The predicted molar refractivity (Wildman–Crippen MR) is 93.1 cm³/mol. The van der Waals surface area contributed by atoms with Gasteiger partial charge < -0.3 is 14.5 Å². The van der Waals surface area contributed by atoms with Crippen molar-refractivity contribution in [3.05, 3.63) is 60.0 Å². The second-order valence-corrected chi connectivity index (χ2v) is 5.44. The number of para-hydroxylation sites is 3. The van der Waals surface area contributed by atoms with Gasteiger partial charge >= 0.3 is 5.97 Å². The number of esters is 1. The normalized spacial score (nSPS) is 10.3. The third-order valence-corrected chi connectivity index (χ3v) is 3.57. The quantitative estimate of drug-likeness (QED) is 0.686. The molecule has 0 spiro atoms. The number of oxazole rings is 1. The Balaban J connectivity index is 1.46. The molecule has 1 amide bonds. The van der Waals surface area contributed by atoms with Crippen molar-refractivity contribution in [3.63, 3.8) is 0 Å². The second kappa shape index (κ2) is 7.94. The Bertz CT molecular complexity index is 955. The minimum absolute atomic E-state index is 0.0505. The van der Waals surface area contributed by atoms with Crippen LogP contribution in [0.5, 0.6) is 0 Å². The standard InChI is InChI=1S/C19H15N3O4/c20-11-13-5-1-2-6-14(13)21-17(23)12-25-19(24)10-9-18-22-15-7-3-4-8-16(15)26-18/h1-8H,9-10,12H2,(H,21,23). The Hall–Kier alpha value is -3.66. The number of anilines is 1. The molecular weight excluding hydrogens is 334 g/mol. The van der Waals surface area contributed by atoms with Crippen LogP contribution in [0.1, 0.15) is 17.9 Å². The zero-order valence-electron chi connectivity index (χ0n) is 13.8. The topological polar surface area (TPSA) is 105 Å². The lowest BCUT2D eigenvalue weighted by Crippen LogP contribution is -2.21. The van der Waals surface area contributed by atoms with Crippen LogP contribution in [0.3, 0.4) is 0 Å². The van der Waals surface area contributed by atoms with Gasteiger partial charge in [-0.3, -0.25) is 9.59 Å². The van der Waals surface area contributed by atoms with E-state index in [1.807, 2.05) is 24.3 Å².